The third-order valence-corrected chi connectivity index (χ3v) is 5.27. The Balaban J connectivity index is 2.43. The average Bonchev–Trinajstić information content (AvgIpc) is 2.36. The van der Waals surface area contributed by atoms with Gasteiger partial charge in [0.2, 0.25) is 0 Å². The molecule has 0 aromatic heterocycles. The molecule has 2 rings (SSSR count). The fourth-order valence-electron chi connectivity index (χ4n) is 3.04. The van der Waals surface area contributed by atoms with Crippen LogP contribution in [-0.2, 0) is 16.4 Å². The standard InChI is InChI=1S/C15H21NO5S/c1-10-13(15(18)19)6-5-11(14(10)22(2,20)21)8-16-7-3-4-12(17)9-16/h5-6,12,17H,3-4,7-9H2,1-2H3,(H,18,19). The summed E-state index contributed by atoms with van der Waals surface area (Å²) in [7, 11) is -3.54. The lowest BCUT2D eigenvalue weighted by molar-refractivity contribution is 0.0664. The number of carbonyl (C=O) groups is 1. The highest BCUT2D eigenvalue weighted by molar-refractivity contribution is 7.90. The number of benzene rings is 1. The van der Waals surface area contributed by atoms with Crippen molar-refractivity contribution < 1.29 is 23.4 Å². The summed E-state index contributed by atoms with van der Waals surface area (Å²) in [6.07, 6.45) is 2.32. The molecule has 122 valence electrons. The highest BCUT2D eigenvalue weighted by Crippen LogP contribution is 2.26. The molecule has 1 atom stereocenters. The Hall–Kier alpha value is -1.44. The third kappa shape index (κ3) is 3.66. The molecule has 1 aromatic rings. The van der Waals surface area contributed by atoms with E-state index in [-0.39, 0.29) is 16.0 Å². The van der Waals surface area contributed by atoms with E-state index < -0.39 is 21.9 Å². The summed E-state index contributed by atoms with van der Waals surface area (Å²) >= 11 is 0. The molecule has 1 heterocycles. The third-order valence-electron chi connectivity index (χ3n) is 3.96. The van der Waals surface area contributed by atoms with Crippen LogP contribution in [0.15, 0.2) is 17.0 Å². The summed E-state index contributed by atoms with van der Waals surface area (Å²) in [5.41, 5.74) is 0.854. The van der Waals surface area contributed by atoms with Crippen molar-refractivity contribution in [1.29, 1.82) is 0 Å². The molecule has 1 aliphatic heterocycles. The lowest BCUT2D eigenvalue weighted by Gasteiger charge is -2.30. The Morgan fingerprint density at radius 1 is 1.41 bits per heavy atom. The summed E-state index contributed by atoms with van der Waals surface area (Å²) in [5.74, 6) is -1.14. The second kappa shape index (κ2) is 6.36. The number of carboxylic acids is 1. The van der Waals surface area contributed by atoms with Crippen molar-refractivity contribution in [2.75, 3.05) is 19.3 Å². The molecule has 0 aliphatic carbocycles. The molecule has 1 fully saturated rings. The molecule has 0 spiro atoms. The van der Waals surface area contributed by atoms with Gasteiger partial charge in [0.25, 0.3) is 0 Å². The number of likely N-dealkylation sites (tertiary alicyclic amines) is 1. The van der Waals surface area contributed by atoms with Crippen LogP contribution in [0.1, 0.15) is 34.3 Å². The molecular formula is C15H21NO5S. The van der Waals surface area contributed by atoms with Crippen LogP contribution in [0.4, 0.5) is 0 Å². The Morgan fingerprint density at radius 3 is 2.64 bits per heavy atom. The highest BCUT2D eigenvalue weighted by atomic mass is 32.2. The molecule has 6 nitrogen and oxygen atoms in total. The largest absolute Gasteiger partial charge is 0.478 e. The first kappa shape index (κ1) is 16.9. The van der Waals surface area contributed by atoms with Crippen molar-refractivity contribution in [1.82, 2.24) is 4.90 Å². The van der Waals surface area contributed by atoms with Gasteiger partial charge in [-0.05, 0) is 43.5 Å². The molecule has 1 unspecified atom stereocenters. The number of aliphatic hydroxyl groups excluding tert-OH is 1. The van der Waals surface area contributed by atoms with E-state index in [0.717, 1.165) is 25.6 Å². The van der Waals surface area contributed by atoms with Gasteiger partial charge in [-0.3, -0.25) is 4.90 Å². The van der Waals surface area contributed by atoms with Gasteiger partial charge in [0, 0.05) is 19.3 Å². The first-order chi connectivity index (χ1) is 10.2. The van der Waals surface area contributed by atoms with E-state index in [4.69, 9.17) is 5.11 Å². The first-order valence-electron chi connectivity index (χ1n) is 7.16. The molecule has 0 bridgehead atoms. The summed E-state index contributed by atoms with van der Waals surface area (Å²) < 4.78 is 24.2. The number of hydrogen-bond donors (Lipinski definition) is 2. The summed E-state index contributed by atoms with van der Waals surface area (Å²) in [6, 6.07) is 3.01. The molecule has 0 amide bonds. The van der Waals surface area contributed by atoms with Crippen molar-refractivity contribution in [3.63, 3.8) is 0 Å². The van der Waals surface area contributed by atoms with Crippen LogP contribution in [0, 0.1) is 6.92 Å². The minimum absolute atomic E-state index is 0.00264. The van der Waals surface area contributed by atoms with Crippen LogP contribution >= 0.6 is 0 Å². The van der Waals surface area contributed by atoms with E-state index in [1.807, 2.05) is 4.90 Å². The number of rotatable bonds is 4. The van der Waals surface area contributed by atoms with Crippen LogP contribution in [0.2, 0.25) is 0 Å². The number of piperidine rings is 1. The van der Waals surface area contributed by atoms with Crippen LogP contribution in [-0.4, -0.2) is 54.9 Å². The molecule has 1 aliphatic rings. The maximum absolute atomic E-state index is 12.1. The number of nitrogens with zero attached hydrogens (tertiary/aromatic N) is 1. The van der Waals surface area contributed by atoms with Gasteiger partial charge in [-0.25, -0.2) is 13.2 Å². The Kier molecular flexibility index (Phi) is 4.89. The monoisotopic (exact) mass is 327 g/mol. The topological polar surface area (TPSA) is 94.9 Å². The van der Waals surface area contributed by atoms with Gasteiger partial charge < -0.3 is 10.2 Å². The molecule has 0 radical (unpaired) electrons. The van der Waals surface area contributed by atoms with Gasteiger partial charge in [-0.2, -0.15) is 0 Å². The highest BCUT2D eigenvalue weighted by Gasteiger charge is 2.24. The zero-order chi connectivity index (χ0) is 16.5. The molecule has 2 N–H and O–H groups in total. The predicted octanol–water partition coefficient (Wildman–Crippen LogP) is 1.05. The van der Waals surface area contributed by atoms with Crippen molar-refractivity contribution in [3.8, 4) is 0 Å². The number of aromatic carboxylic acids is 1. The van der Waals surface area contributed by atoms with Crippen LogP contribution in [0.5, 0.6) is 0 Å². The molecule has 7 heteroatoms. The lowest BCUT2D eigenvalue weighted by atomic mass is 10.0. The smallest absolute Gasteiger partial charge is 0.335 e. The fraction of sp³-hybridized carbons (Fsp3) is 0.533. The second-order valence-electron chi connectivity index (χ2n) is 5.83. The van der Waals surface area contributed by atoms with Crippen molar-refractivity contribution in [2.45, 2.75) is 37.3 Å². The van der Waals surface area contributed by atoms with Gasteiger partial charge in [0.05, 0.1) is 16.6 Å². The van der Waals surface area contributed by atoms with E-state index in [0.29, 0.717) is 18.7 Å². The predicted molar refractivity (Wildman–Crippen MR) is 81.8 cm³/mol. The minimum Gasteiger partial charge on any atom is -0.478 e. The summed E-state index contributed by atoms with van der Waals surface area (Å²) in [5, 5.41) is 18.9. The Bertz CT molecular complexity index is 683. The zero-order valence-corrected chi connectivity index (χ0v) is 13.6. The first-order valence-corrected chi connectivity index (χ1v) is 9.05. The van der Waals surface area contributed by atoms with Gasteiger partial charge in [-0.1, -0.05) is 6.07 Å². The second-order valence-corrected chi connectivity index (χ2v) is 7.79. The number of β-amino-alcohol motifs (C(OH)–C–C–N with tert-alkyl or cyclic N) is 1. The summed E-state index contributed by atoms with van der Waals surface area (Å²) in [6.45, 7) is 3.21. The van der Waals surface area contributed by atoms with Gasteiger partial charge >= 0.3 is 5.97 Å². The molecule has 1 saturated heterocycles. The Morgan fingerprint density at radius 2 is 2.09 bits per heavy atom. The van der Waals surface area contributed by atoms with E-state index in [2.05, 4.69) is 0 Å². The van der Waals surface area contributed by atoms with Crippen molar-refractivity contribution in [3.05, 3.63) is 28.8 Å². The average molecular weight is 327 g/mol. The van der Waals surface area contributed by atoms with Gasteiger partial charge in [0.1, 0.15) is 0 Å². The minimum atomic E-state index is -3.54. The zero-order valence-electron chi connectivity index (χ0n) is 12.7. The number of hydrogen-bond acceptors (Lipinski definition) is 5. The molecular weight excluding hydrogens is 306 g/mol. The maximum atomic E-state index is 12.1. The molecule has 1 aromatic carbocycles. The van der Waals surface area contributed by atoms with Crippen LogP contribution in [0.3, 0.4) is 0 Å². The van der Waals surface area contributed by atoms with E-state index in [9.17, 15) is 18.3 Å². The summed E-state index contributed by atoms with van der Waals surface area (Å²) in [4.78, 5) is 13.3. The molecule has 0 saturated carbocycles. The van der Waals surface area contributed by atoms with E-state index in [1.165, 1.54) is 13.0 Å². The maximum Gasteiger partial charge on any atom is 0.335 e. The number of sulfone groups is 1. The van der Waals surface area contributed by atoms with Gasteiger partial charge in [0.15, 0.2) is 9.84 Å². The lowest BCUT2D eigenvalue weighted by Crippen LogP contribution is -2.38. The van der Waals surface area contributed by atoms with Crippen molar-refractivity contribution in [2.24, 2.45) is 0 Å². The quantitative estimate of drug-likeness (QED) is 0.858. The Labute approximate surface area is 130 Å². The SMILES string of the molecule is Cc1c(C(=O)O)ccc(CN2CCCC(O)C2)c1S(C)(=O)=O. The van der Waals surface area contributed by atoms with E-state index in [1.54, 1.807) is 6.07 Å². The van der Waals surface area contributed by atoms with Crippen LogP contribution in [0.25, 0.3) is 0 Å². The normalized spacial score (nSPS) is 20.0. The van der Waals surface area contributed by atoms with Crippen LogP contribution < -0.4 is 0 Å². The van der Waals surface area contributed by atoms with Gasteiger partial charge in [-0.15, -0.1) is 0 Å². The fourth-order valence-corrected chi connectivity index (χ4v) is 4.31. The number of carboxylic acid groups (broad SMARTS) is 1. The van der Waals surface area contributed by atoms with E-state index >= 15 is 0 Å². The van der Waals surface area contributed by atoms with Crippen molar-refractivity contribution >= 4 is 15.8 Å². The number of aliphatic hydroxyl groups is 1. The molecule has 22 heavy (non-hydrogen) atoms.